The molecule has 0 spiro atoms. The fraction of sp³-hybridized carbons (Fsp3) is 0.0392. The molecule has 56 heavy (non-hydrogen) atoms. The van der Waals surface area contributed by atoms with E-state index < -0.39 is 0 Å². The second kappa shape index (κ2) is 14.6. The highest BCUT2D eigenvalue weighted by Gasteiger charge is 2.15. The molecule has 5 nitrogen and oxygen atoms in total. The van der Waals surface area contributed by atoms with Gasteiger partial charge in [-0.2, -0.15) is 0 Å². The monoisotopic (exact) mass is 725 g/mol. The van der Waals surface area contributed by atoms with Crippen LogP contribution in [0.1, 0.15) is 16.7 Å². The minimum atomic E-state index is 0.121. The Morgan fingerprint density at radius 1 is 0.500 bits per heavy atom. The molecule has 2 heterocycles. The molecule has 0 radical (unpaired) electrons. The van der Waals surface area contributed by atoms with Crippen LogP contribution in [0.4, 0.5) is 0 Å². The molecule has 11 aromatic rings. The maximum Gasteiger partial charge on any atom is 0.138 e. The standard InChI is InChI=1S/C31H21NO.C13H10O.C7H8N2/c32-18-21-7-5-11-30-31(21)28-16-20(13-15-29(28)33-30)26-17-27-22-8-2-1-6-19(22)12-14-25(27)23-9-3-4-10-24(23)26;1-9-5-4-7-11-10-6-2-3-8-12(10)14-13(9)11;8-7(9)6-4-2-1-3-5-6/h1-17H,18,32H2;2-8H,1H3;1-5H,(H3,8,9). The van der Waals surface area contributed by atoms with Gasteiger partial charge in [-0.25, -0.2) is 0 Å². The third-order valence-corrected chi connectivity index (χ3v) is 10.6. The minimum absolute atomic E-state index is 0.121. The first-order valence-corrected chi connectivity index (χ1v) is 18.7. The number of nitrogens with one attached hydrogen (secondary N) is 1. The molecule has 2 aromatic heterocycles. The van der Waals surface area contributed by atoms with Crippen molar-refractivity contribution in [2.75, 3.05) is 0 Å². The first-order valence-electron chi connectivity index (χ1n) is 18.7. The number of aryl methyl sites for hydroxylation is 1. The molecule has 0 atom stereocenters. The highest BCUT2D eigenvalue weighted by molar-refractivity contribution is 6.21. The van der Waals surface area contributed by atoms with E-state index in [2.05, 4.69) is 122 Å². The van der Waals surface area contributed by atoms with Crippen LogP contribution in [0.15, 0.2) is 185 Å². The Labute approximate surface area is 323 Å². The number of nitrogens with two attached hydrogens (primary N) is 2. The summed E-state index contributed by atoms with van der Waals surface area (Å²) in [6, 6.07) is 60.4. The zero-order valence-electron chi connectivity index (χ0n) is 30.9. The van der Waals surface area contributed by atoms with Gasteiger partial charge in [0.15, 0.2) is 0 Å². The number of para-hydroxylation sites is 2. The number of furan rings is 2. The fourth-order valence-electron chi connectivity index (χ4n) is 7.84. The van der Waals surface area contributed by atoms with Crippen molar-refractivity contribution in [2.24, 2.45) is 11.5 Å². The van der Waals surface area contributed by atoms with Crippen molar-refractivity contribution in [3.8, 4) is 11.1 Å². The van der Waals surface area contributed by atoms with Gasteiger partial charge in [-0.3, -0.25) is 5.41 Å². The number of nitrogen functional groups attached to an aromatic ring is 1. The molecule has 0 unspecified atom stereocenters. The van der Waals surface area contributed by atoms with Gasteiger partial charge in [0.1, 0.15) is 28.2 Å². The van der Waals surface area contributed by atoms with Crippen LogP contribution < -0.4 is 11.5 Å². The molecule has 0 aliphatic rings. The summed E-state index contributed by atoms with van der Waals surface area (Å²) in [6.45, 7) is 2.56. The maximum atomic E-state index is 7.01. The molecule has 0 fully saturated rings. The Morgan fingerprint density at radius 3 is 1.93 bits per heavy atom. The maximum absolute atomic E-state index is 7.01. The summed E-state index contributed by atoms with van der Waals surface area (Å²) in [5.41, 5.74) is 20.5. The molecule has 5 heteroatoms. The van der Waals surface area contributed by atoms with E-state index in [4.69, 9.17) is 25.7 Å². The van der Waals surface area contributed by atoms with Crippen molar-refractivity contribution in [2.45, 2.75) is 13.5 Å². The van der Waals surface area contributed by atoms with Gasteiger partial charge in [-0.1, -0.05) is 146 Å². The molecule has 0 aliphatic carbocycles. The Kier molecular flexibility index (Phi) is 8.98. The van der Waals surface area contributed by atoms with Crippen LogP contribution >= 0.6 is 0 Å². The Hall–Kier alpha value is -7.21. The first kappa shape index (κ1) is 34.6. The van der Waals surface area contributed by atoms with Crippen molar-refractivity contribution < 1.29 is 8.83 Å². The van der Waals surface area contributed by atoms with Crippen LogP contribution in [0.2, 0.25) is 0 Å². The smallest absolute Gasteiger partial charge is 0.138 e. The molecule has 0 aliphatic heterocycles. The van der Waals surface area contributed by atoms with E-state index in [1.165, 1.54) is 59.8 Å². The van der Waals surface area contributed by atoms with Gasteiger partial charge in [0.2, 0.25) is 0 Å². The van der Waals surface area contributed by atoms with Crippen molar-refractivity contribution in [1.29, 1.82) is 5.41 Å². The Bertz CT molecular complexity index is 3230. The Balaban J connectivity index is 0.000000145. The van der Waals surface area contributed by atoms with Gasteiger partial charge in [0.05, 0.1) is 0 Å². The number of hydrogen-bond acceptors (Lipinski definition) is 4. The van der Waals surface area contributed by atoms with Crippen LogP contribution in [-0.2, 0) is 6.54 Å². The van der Waals surface area contributed by atoms with Crippen LogP contribution in [-0.4, -0.2) is 5.84 Å². The second-order valence-corrected chi connectivity index (χ2v) is 14.0. The van der Waals surface area contributed by atoms with Crippen molar-refractivity contribution in [1.82, 2.24) is 0 Å². The number of benzene rings is 9. The average Bonchev–Trinajstić information content (AvgIpc) is 3.83. The van der Waals surface area contributed by atoms with Crippen molar-refractivity contribution in [3.05, 3.63) is 193 Å². The van der Waals surface area contributed by atoms with Gasteiger partial charge in [0.25, 0.3) is 0 Å². The molecule has 5 N–H and O–H groups in total. The summed E-state index contributed by atoms with van der Waals surface area (Å²) >= 11 is 0. The zero-order valence-corrected chi connectivity index (χ0v) is 30.9. The van der Waals surface area contributed by atoms with Gasteiger partial charge in [-0.15, -0.1) is 0 Å². The van der Waals surface area contributed by atoms with E-state index in [0.717, 1.165) is 44.2 Å². The quantitative estimate of drug-likeness (QED) is 0.0958. The van der Waals surface area contributed by atoms with E-state index in [0.29, 0.717) is 6.54 Å². The van der Waals surface area contributed by atoms with Gasteiger partial charge in [0, 0.05) is 33.7 Å². The molecule has 0 bridgehead atoms. The third kappa shape index (κ3) is 6.20. The van der Waals surface area contributed by atoms with Gasteiger partial charge in [-0.05, 0) is 91.8 Å². The molecule has 0 saturated carbocycles. The fourth-order valence-corrected chi connectivity index (χ4v) is 7.84. The van der Waals surface area contributed by atoms with E-state index in [1.807, 2.05) is 60.7 Å². The lowest BCUT2D eigenvalue weighted by Crippen LogP contribution is -2.10. The van der Waals surface area contributed by atoms with E-state index in [9.17, 15) is 0 Å². The normalized spacial score (nSPS) is 11.2. The minimum Gasteiger partial charge on any atom is -0.456 e. The summed E-state index contributed by atoms with van der Waals surface area (Å²) in [4.78, 5) is 0. The second-order valence-electron chi connectivity index (χ2n) is 14.0. The zero-order chi connectivity index (χ0) is 38.2. The SMILES string of the molecule is Cc1cccc2c1oc1ccccc12.N=C(N)c1ccccc1.NCc1cccc2oc3ccc(-c4cc5c6ccccc6ccc5c5ccccc45)cc3c12. The first-order chi connectivity index (χ1) is 27.5. The summed E-state index contributed by atoms with van der Waals surface area (Å²) in [5, 5.41) is 19.3. The van der Waals surface area contributed by atoms with E-state index in [-0.39, 0.29) is 5.84 Å². The lowest BCUT2D eigenvalue weighted by atomic mass is 9.90. The summed E-state index contributed by atoms with van der Waals surface area (Å²) in [5.74, 6) is 0.121. The summed E-state index contributed by atoms with van der Waals surface area (Å²) in [6.07, 6.45) is 0. The lowest BCUT2D eigenvalue weighted by molar-refractivity contribution is 0.666. The lowest BCUT2D eigenvalue weighted by Gasteiger charge is -2.13. The van der Waals surface area contributed by atoms with E-state index >= 15 is 0 Å². The topological polar surface area (TPSA) is 102 Å². The summed E-state index contributed by atoms with van der Waals surface area (Å²) in [7, 11) is 0. The molecule has 270 valence electrons. The van der Waals surface area contributed by atoms with Crippen LogP contribution in [0, 0.1) is 12.3 Å². The third-order valence-electron chi connectivity index (χ3n) is 10.6. The molecule has 0 saturated heterocycles. The van der Waals surface area contributed by atoms with Crippen LogP contribution in [0.5, 0.6) is 0 Å². The molecule has 11 rings (SSSR count). The van der Waals surface area contributed by atoms with E-state index in [1.54, 1.807) is 0 Å². The highest BCUT2D eigenvalue weighted by Crippen LogP contribution is 2.40. The van der Waals surface area contributed by atoms with Crippen LogP contribution in [0.25, 0.3) is 87.3 Å². The predicted molar refractivity (Wildman–Crippen MR) is 235 cm³/mol. The van der Waals surface area contributed by atoms with Crippen molar-refractivity contribution >= 4 is 82.0 Å². The van der Waals surface area contributed by atoms with Gasteiger partial charge >= 0.3 is 0 Å². The summed E-state index contributed by atoms with van der Waals surface area (Å²) < 4.78 is 11.9. The van der Waals surface area contributed by atoms with Gasteiger partial charge < -0.3 is 20.3 Å². The molecule has 9 aromatic carbocycles. The number of rotatable bonds is 3. The average molecular weight is 726 g/mol. The van der Waals surface area contributed by atoms with Crippen molar-refractivity contribution in [3.63, 3.8) is 0 Å². The largest absolute Gasteiger partial charge is 0.456 e. The molecular weight excluding hydrogens is 687 g/mol. The number of fused-ring (bicyclic) bond motifs is 11. The number of hydrogen-bond donors (Lipinski definition) is 3. The highest BCUT2D eigenvalue weighted by atomic mass is 16.3. The Morgan fingerprint density at radius 2 is 1.14 bits per heavy atom. The number of amidine groups is 1. The molecule has 0 amide bonds. The predicted octanol–water partition coefficient (Wildman–Crippen LogP) is 13.0. The van der Waals surface area contributed by atoms with Crippen LogP contribution in [0.3, 0.4) is 0 Å². The molecular formula is C51H39N3O2.